The van der Waals surface area contributed by atoms with Crippen LogP contribution in [0.15, 0.2) is 40.9 Å². The normalized spacial score (nSPS) is 10.4. The van der Waals surface area contributed by atoms with E-state index in [-0.39, 0.29) is 0 Å². The minimum atomic E-state index is 0.622. The molecule has 0 unspecified atom stereocenters. The molecule has 2 nitrogen and oxygen atoms in total. The number of nitrogens with zero attached hydrogens (tertiary/aromatic N) is 1. The molecule has 0 saturated heterocycles. The Balaban J connectivity index is 2.22. The fourth-order valence-corrected chi connectivity index (χ4v) is 2.65. The van der Waals surface area contributed by atoms with Gasteiger partial charge < -0.3 is 10.2 Å². The van der Waals surface area contributed by atoms with Gasteiger partial charge in [0.05, 0.1) is 11.4 Å². The SMILES string of the molecule is CN(C)c1ccc(Br)cc1NCc1cc(Cl)ccc1Cl. The lowest BCUT2D eigenvalue weighted by Crippen LogP contribution is -2.12. The van der Waals surface area contributed by atoms with E-state index < -0.39 is 0 Å². The second kappa shape index (κ2) is 6.70. The summed E-state index contributed by atoms with van der Waals surface area (Å²) in [6.45, 7) is 0.622. The third-order valence-corrected chi connectivity index (χ3v) is 4.01. The molecule has 0 aliphatic carbocycles. The van der Waals surface area contributed by atoms with Crippen LogP contribution >= 0.6 is 39.1 Å². The van der Waals surface area contributed by atoms with E-state index in [1.54, 1.807) is 6.07 Å². The number of nitrogens with one attached hydrogen (secondary N) is 1. The second-order valence-electron chi connectivity index (χ2n) is 4.65. The van der Waals surface area contributed by atoms with Crippen molar-refractivity contribution in [3.8, 4) is 0 Å². The Hall–Kier alpha value is -0.900. The first kappa shape index (κ1) is 15.5. The summed E-state index contributed by atoms with van der Waals surface area (Å²) < 4.78 is 1.03. The fourth-order valence-electron chi connectivity index (χ4n) is 1.91. The topological polar surface area (TPSA) is 15.3 Å². The van der Waals surface area contributed by atoms with Crippen molar-refractivity contribution in [2.45, 2.75) is 6.54 Å². The van der Waals surface area contributed by atoms with Crippen molar-refractivity contribution >= 4 is 50.5 Å². The van der Waals surface area contributed by atoms with Crippen LogP contribution in [0.5, 0.6) is 0 Å². The summed E-state index contributed by atoms with van der Waals surface area (Å²) in [6.07, 6.45) is 0. The molecule has 2 aromatic carbocycles. The first-order valence-corrected chi connectivity index (χ1v) is 7.67. The van der Waals surface area contributed by atoms with Crippen molar-refractivity contribution in [2.24, 2.45) is 0 Å². The van der Waals surface area contributed by atoms with Crippen LogP contribution in [0.2, 0.25) is 10.0 Å². The van der Waals surface area contributed by atoms with Gasteiger partial charge in [-0.1, -0.05) is 39.1 Å². The van der Waals surface area contributed by atoms with E-state index >= 15 is 0 Å². The molecule has 0 aromatic heterocycles. The molecular formula is C15H15BrCl2N2. The first-order valence-electron chi connectivity index (χ1n) is 6.12. The Kier molecular flexibility index (Phi) is 5.19. The largest absolute Gasteiger partial charge is 0.379 e. The fraction of sp³-hybridized carbons (Fsp3) is 0.200. The minimum absolute atomic E-state index is 0.622. The number of hydrogen-bond donors (Lipinski definition) is 1. The molecule has 0 aliphatic heterocycles. The molecule has 0 atom stereocenters. The molecule has 5 heteroatoms. The van der Waals surface area contributed by atoms with Gasteiger partial charge in [0.15, 0.2) is 0 Å². The van der Waals surface area contributed by atoms with Crippen molar-refractivity contribution in [1.82, 2.24) is 0 Å². The summed E-state index contributed by atoms with van der Waals surface area (Å²) in [7, 11) is 4.03. The van der Waals surface area contributed by atoms with Crippen LogP contribution in [0.4, 0.5) is 11.4 Å². The highest BCUT2D eigenvalue weighted by Gasteiger charge is 2.07. The van der Waals surface area contributed by atoms with E-state index in [1.165, 1.54) is 0 Å². The zero-order valence-electron chi connectivity index (χ0n) is 11.3. The lowest BCUT2D eigenvalue weighted by molar-refractivity contribution is 1.10. The molecule has 106 valence electrons. The standard InChI is InChI=1S/C15H15BrCl2N2/c1-20(2)15-6-3-11(16)8-14(15)19-9-10-7-12(17)4-5-13(10)18/h3-8,19H,9H2,1-2H3. The Morgan fingerprint density at radius 3 is 2.55 bits per heavy atom. The van der Waals surface area contributed by atoms with E-state index in [2.05, 4.69) is 32.2 Å². The van der Waals surface area contributed by atoms with Gasteiger partial charge in [-0.05, 0) is 42.0 Å². The molecule has 0 radical (unpaired) electrons. The Morgan fingerprint density at radius 2 is 1.85 bits per heavy atom. The van der Waals surface area contributed by atoms with Crippen LogP contribution in [0.25, 0.3) is 0 Å². The maximum atomic E-state index is 6.18. The molecule has 0 aliphatic rings. The Morgan fingerprint density at radius 1 is 1.10 bits per heavy atom. The van der Waals surface area contributed by atoms with Gasteiger partial charge in [0.2, 0.25) is 0 Å². The second-order valence-corrected chi connectivity index (χ2v) is 6.40. The Labute approximate surface area is 137 Å². The molecule has 0 bridgehead atoms. The zero-order chi connectivity index (χ0) is 14.7. The van der Waals surface area contributed by atoms with Crippen LogP contribution in [-0.4, -0.2) is 14.1 Å². The minimum Gasteiger partial charge on any atom is -0.379 e. The molecule has 2 rings (SSSR count). The van der Waals surface area contributed by atoms with Crippen LogP contribution in [0.3, 0.4) is 0 Å². The monoisotopic (exact) mass is 372 g/mol. The number of rotatable bonds is 4. The molecule has 0 heterocycles. The summed E-state index contributed by atoms with van der Waals surface area (Å²) in [6, 6.07) is 11.6. The predicted molar refractivity (Wildman–Crippen MR) is 92.3 cm³/mol. The maximum absolute atomic E-state index is 6.18. The summed E-state index contributed by atoms with van der Waals surface area (Å²) in [5.74, 6) is 0. The smallest absolute Gasteiger partial charge is 0.0597 e. The van der Waals surface area contributed by atoms with E-state index in [4.69, 9.17) is 23.2 Å². The van der Waals surface area contributed by atoms with Crippen LogP contribution in [0.1, 0.15) is 5.56 Å². The third-order valence-electron chi connectivity index (χ3n) is 2.92. The quantitative estimate of drug-likeness (QED) is 0.768. The van der Waals surface area contributed by atoms with E-state index in [0.29, 0.717) is 16.6 Å². The van der Waals surface area contributed by atoms with Crippen LogP contribution < -0.4 is 10.2 Å². The molecule has 0 amide bonds. The predicted octanol–water partition coefficient (Wildman–Crippen LogP) is 5.43. The van der Waals surface area contributed by atoms with Crippen LogP contribution in [-0.2, 0) is 6.54 Å². The van der Waals surface area contributed by atoms with Gasteiger partial charge >= 0.3 is 0 Å². The van der Waals surface area contributed by atoms with Gasteiger partial charge in [-0.3, -0.25) is 0 Å². The maximum Gasteiger partial charge on any atom is 0.0597 e. The number of hydrogen-bond acceptors (Lipinski definition) is 2. The van der Waals surface area contributed by atoms with Crippen molar-refractivity contribution < 1.29 is 0 Å². The molecule has 20 heavy (non-hydrogen) atoms. The summed E-state index contributed by atoms with van der Waals surface area (Å²) in [5, 5.41) is 4.80. The average Bonchev–Trinajstić information content (AvgIpc) is 2.39. The van der Waals surface area contributed by atoms with E-state index in [9.17, 15) is 0 Å². The molecule has 0 fully saturated rings. The summed E-state index contributed by atoms with van der Waals surface area (Å²) in [5.41, 5.74) is 3.13. The van der Waals surface area contributed by atoms with Crippen molar-refractivity contribution in [2.75, 3.05) is 24.3 Å². The molecule has 0 spiro atoms. The van der Waals surface area contributed by atoms with Gasteiger partial charge in [0, 0.05) is 35.2 Å². The highest BCUT2D eigenvalue weighted by Crippen LogP contribution is 2.29. The number of benzene rings is 2. The van der Waals surface area contributed by atoms with Crippen molar-refractivity contribution in [3.63, 3.8) is 0 Å². The highest BCUT2D eigenvalue weighted by atomic mass is 79.9. The van der Waals surface area contributed by atoms with Gasteiger partial charge in [-0.25, -0.2) is 0 Å². The summed E-state index contributed by atoms with van der Waals surface area (Å²) in [4.78, 5) is 2.06. The average molecular weight is 374 g/mol. The van der Waals surface area contributed by atoms with Gasteiger partial charge in [0.1, 0.15) is 0 Å². The van der Waals surface area contributed by atoms with E-state index in [0.717, 1.165) is 21.4 Å². The molecular weight excluding hydrogens is 359 g/mol. The highest BCUT2D eigenvalue weighted by molar-refractivity contribution is 9.10. The van der Waals surface area contributed by atoms with Crippen molar-refractivity contribution in [1.29, 1.82) is 0 Å². The lowest BCUT2D eigenvalue weighted by Gasteiger charge is -2.19. The number of anilines is 2. The Bertz CT molecular complexity index is 615. The first-order chi connectivity index (χ1) is 9.47. The van der Waals surface area contributed by atoms with Gasteiger partial charge in [-0.2, -0.15) is 0 Å². The van der Waals surface area contributed by atoms with Crippen molar-refractivity contribution in [3.05, 3.63) is 56.5 Å². The number of halogens is 3. The lowest BCUT2D eigenvalue weighted by atomic mass is 10.2. The molecule has 2 aromatic rings. The van der Waals surface area contributed by atoms with Gasteiger partial charge in [-0.15, -0.1) is 0 Å². The third kappa shape index (κ3) is 3.81. The van der Waals surface area contributed by atoms with Gasteiger partial charge in [0.25, 0.3) is 0 Å². The summed E-state index contributed by atoms with van der Waals surface area (Å²) >= 11 is 15.7. The van der Waals surface area contributed by atoms with Crippen LogP contribution in [0, 0.1) is 0 Å². The van der Waals surface area contributed by atoms with E-state index in [1.807, 2.05) is 38.4 Å². The molecule has 0 saturated carbocycles. The zero-order valence-corrected chi connectivity index (χ0v) is 14.4. The molecule has 1 N–H and O–H groups in total.